The average molecular weight is 270 g/mol. The fourth-order valence-electron chi connectivity index (χ4n) is 2.47. The predicted molar refractivity (Wildman–Crippen MR) is 81.3 cm³/mol. The molecule has 98 valence electrons. The zero-order valence-corrected chi connectivity index (χ0v) is 11.7. The number of nitrogens with zero attached hydrogens (tertiary/aromatic N) is 1. The third kappa shape index (κ3) is 3.17. The summed E-state index contributed by atoms with van der Waals surface area (Å²) in [5.41, 5.74) is 4.11. The number of aromatic nitrogens is 1. The maximum Gasteiger partial charge on any atom is 0.0416 e. The lowest BCUT2D eigenvalue weighted by Crippen LogP contribution is -2.28. The van der Waals surface area contributed by atoms with Crippen LogP contribution in [0, 0.1) is 0 Å². The van der Waals surface area contributed by atoms with Crippen molar-refractivity contribution >= 4 is 11.8 Å². The van der Waals surface area contributed by atoms with E-state index < -0.39 is 0 Å². The molecule has 1 aromatic heterocycles. The molecular formula is C16H18N2S. The fraction of sp³-hybridized carbons (Fsp3) is 0.312. The molecular weight excluding hydrogens is 252 g/mol. The molecule has 1 aliphatic heterocycles. The Morgan fingerprint density at radius 3 is 2.95 bits per heavy atom. The topological polar surface area (TPSA) is 24.9 Å². The second-order valence-corrected chi connectivity index (χ2v) is 5.82. The minimum Gasteiger partial charge on any atom is -0.309 e. The summed E-state index contributed by atoms with van der Waals surface area (Å²) in [5.74, 6) is 2.31. The summed E-state index contributed by atoms with van der Waals surface area (Å²) in [6.07, 6.45) is 2.85. The van der Waals surface area contributed by atoms with Crippen molar-refractivity contribution in [1.82, 2.24) is 10.3 Å². The molecule has 0 amide bonds. The minimum atomic E-state index is 0.485. The number of rotatable bonds is 4. The van der Waals surface area contributed by atoms with Crippen molar-refractivity contribution in [3.8, 4) is 0 Å². The second-order valence-electron chi connectivity index (χ2n) is 4.79. The van der Waals surface area contributed by atoms with Gasteiger partial charge in [0.25, 0.3) is 0 Å². The van der Waals surface area contributed by atoms with Crippen LogP contribution in [0.1, 0.15) is 22.9 Å². The highest BCUT2D eigenvalue weighted by atomic mass is 32.2. The van der Waals surface area contributed by atoms with Gasteiger partial charge in [0.2, 0.25) is 0 Å². The number of hydrogen-bond acceptors (Lipinski definition) is 3. The maximum absolute atomic E-state index is 4.36. The van der Waals surface area contributed by atoms with Crippen molar-refractivity contribution in [3.63, 3.8) is 0 Å². The first-order chi connectivity index (χ1) is 9.43. The Labute approximate surface area is 118 Å². The molecule has 3 heteroatoms. The number of benzene rings is 1. The van der Waals surface area contributed by atoms with Crippen LogP contribution >= 0.6 is 11.8 Å². The quantitative estimate of drug-likeness (QED) is 0.923. The van der Waals surface area contributed by atoms with Gasteiger partial charge in [-0.3, -0.25) is 4.98 Å². The molecule has 1 aromatic carbocycles. The molecule has 1 aliphatic rings. The standard InChI is InChI=1S/C16H18N2S/c1-2-7-15-13(5-1)11-19-12-16(15)18-10-8-14-6-3-4-9-17-14/h1-7,9,16,18H,8,10-12H2. The van der Waals surface area contributed by atoms with E-state index in [1.165, 1.54) is 16.9 Å². The van der Waals surface area contributed by atoms with E-state index in [0.29, 0.717) is 6.04 Å². The third-order valence-corrected chi connectivity index (χ3v) is 4.55. The van der Waals surface area contributed by atoms with Crippen LogP contribution in [0.5, 0.6) is 0 Å². The number of nitrogens with one attached hydrogen (secondary N) is 1. The number of thioether (sulfide) groups is 1. The van der Waals surface area contributed by atoms with Crippen LogP contribution in [0.2, 0.25) is 0 Å². The van der Waals surface area contributed by atoms with Crippen molar-refractivity contribution < 1.29 is 0 Å². The van der Waals surface area contributed by atoms with E-state index in [1.54, 1.807) is 0 Å². The van der Waals surface area contributed by atoms with Crippen molar-refractivity contribution in [2.45, 2.75) is 18.2 Å². The summed E-state index contributed by atoms with van der Waals surface area (Å²) in [6, 6.07) is 15.4. The molecule has 2 aromatic rings. The lowest BCUT2D eigenvalue weighted by molar-refractivity contribution is 0.574. The first kappa shape index (κ1) is 12.7. The van der Waals surface area contributed by atoms with Crippen molar-refractivity contribution in [1.29, 1.82) is 0 Å². The maximum atomic E-state index is 4.36. The normalized spacial score (nSPS) is 18.0. The summed E-state index contributed by atoms with van der Waals surface area (Å²) >= 11 is 2.01. The molecule has 1 N–H and O–H groups in total. The molecule has 1 atom stereocenters. The first-order valence-corrected chi connectivity index (χ1v) is 7.88. The molecule has 0 bridgehead atoms. The van der Waals surface area contributed by atoms with Crippen LogP contribution < -0.4 is 5.32 Å². The van der Waals surface area contributed by atoms with Gasteiger partial charge in [-0.05, 0) is 23.3 Å². The van der Waals surface area contributed by atoms with Crippen molar-refractivity contribution in [2.24, 2.45) is 0 Å². The van der Waals surface area contributed by atoms with Crippen LogP contribution in [0.25, 0.3) is 0 Å². The van der Waals surface area contributed by atoms with E-state index in [2.05, 4.69) is 40.6 Å². The lowest BCUT2D eigenvalue weighted by Gasteiger charge is -2.26. The van der Waals surface area contributed by atoms with E-state index in [0.717, 1.165) is 24.4 Å². The largest absolute Gasteiger partial charge is 0.309 e. The van der Waals surface area contributed by atoms with Crippen molar-refractivity contribution in [3.05, 3.63) is 65.5 Å². The Morgan fingerprint density at radius 1 is 1.16 bits per heavy atom. The fourth-order valence-corrected chi connectivity index (χ4v) is 3.61. The van der Waals surface area contributed by atoms with Gasteiger partial charge in [-0.2, -0.15) is 11.8 Å². The zero-order chi connectivity index (χ0) is 12.9. The Morgan fingerprint density at radius 2 is 2.05 bits per heavy atom. The molecule has 3 rings (SSSR count). The highest BCUT2D eigenvalue weighted by molar-refractivity contribution is 7.98. The number of fused-ring (bicyclic) bond motifs is 1. The van der Waals surface area contributed by atoms with E-state index in [1.807, 2.05) is 30.1 Å². The molecule has 1 unspecified atom stereocenters. The van der Waals surface area contributed by atoms with Gasteiger partial charge in [0.05, 0.1) is 0 Å². The molecule has 0 aliphatic carbocycles. The smallest absolute Gasteiger partial charge is 0.0416 e. The van der Waals surface area contributed by atoms with Gasteiger partial charge in [-0.1, -0.05) is 30.3 Å². The summed E-state index contributed by atoms with van der Waals surface area (Å²) in [7, 11) is 0. The van der Waals surface area contributed by atoms with Gasteiger partial charge < -0.3 is 5.32 Å². The average Bonchev–Trinajstić information content (AvgIpc) is 2.49. The summed E-state index contributed by atoms with van der Waals surface area (Å²) in [4.78, 5) is 4.36. The molecule has 19 heavy (non-hydrogen) atoms. The van der Waals surface area contributed by atoms with E-state index in [9.17, 15) is 0 Å². The lowest BCUT2D eigenvalue weighted by atomic mass is 10.0. The highest BCUT2D eigenvalue weighted by Gasteiger charge is 2.19. The van der Waals surface area contributed by atoms with Crippen LogP contribution in [0.4, 0.5) is 0 Å². The molecule has 0 fully saturated rings. The van der Waals surface area contributed by atoms with E-state index in [4.69, 9.17) is 0 Å². The monoisotopic (exact) mass is 270 g/mol. The van der Waals surface area contributed by atoms with Gasteiger partial charge in [0.15, 0.2) is 0 Å². The Hall–Kier alpha value is -1.32. The molecule has 2 heterocycles. The van der Waals surface area contributed by atoms with Crippen LogP contribution in [-0.2, 0) is 12.2 Å². The summed E-state index contributed by atoms with van der Waals surface area (Å²) in [5, 5.41) is 3.67. The predicted octanol–water partition coefficient (Wildman–Crippen LogP) is 3.20. The highest BCUT2D eigenvalue weighted by Crippen LogP contribution is 2.31. The van der Waals surface area contributed by atoms with E-state index in [-0.39, 0.29) is 0 Å². The van der Waals surface area contributed by atoms with Crippen molar-refractivity contribution in [2.75, 3.05) is 12.3 Å². The number of pyridine rings is 1. The minimum absolute atomic E-state index is 0.485. The molecule has 0 saturated carbocycles. The molecule has 0 spiro atoms. The van der Waals surface area contributed by atoms with Gasteiger partial charge >= 0.3 is 0 Å². The third-order valence-electron chi connectivity index (χ3n) is 3.47. The van der Waals surface area contributed by atoms with Gasteiger partial charge in [0, 0.05) is 42.4 Å². The Kier molecular flexibility index (Phi) is 4.16. The zero-order valence-electron chi connectivity index (χ0n) is 10.9. The Balaban J connectivity index is 1.59. The van der Waals surface area contributed by atoms with Gasteiger partial charge in [0.1, 0.15) is 0 Å². The first-order valence-electron chi connectivity index (χ1n) is 6.72. The van der Waals surface area contributed by atoms with Crippen LogP contribution in [0.15, 0.2) is 48.7 Å². The second kappa shape index (κ2) is 6.22. The van der Waals surface area contributed by atoms with E-state index >= 15 is 0 Å². The Bertz CT molecular complexity index is 527. The molecule has 2 nitrogen and oxygen atoms in total. The van der Waals surface area contributed by atoms with Crippen LogP contribution in [0.3, 0.4) is 0 Å². The summed E-state index contributed by atoms with van der Waals surface area (Å²) in [6.45, 7) is 0.983. The number of hydrogen-bond donors (Lipinski definition) is 1. The van der Waals surface area contributed by atoms with Gasteiger partial charge in [-0.15, -0.1) is 0 Å². The molecule has 0 saturated heterocycles. The SMILES string of the molecule is c1ccc(CCNC2CSCc3ccccc32)nc1. The molecule has 0 radical (unpaired) electrons. The summed E-state index contributed by atoms with van der Waals surface area (Å²) < 4.78 is 0. The van der Waals surface area contributed by atoms with Crippen LogP contribution in [-0.4, -0.2) is 17.3 Å². The van der Waals surface area contributed by atoms with Gasteiger partial charge in [-0.25, -0.2) is 0 Å².